The van der Waals surface area contributed by atoms with Crippen molar-refractivity contribution in [1.29, 1.82) is 0 Å². The van der Waals surface area contributed by atoms with Crippen LogP contribution in [0.25, 0.3) is 0 Å². The number of hydrogen-bond donors (Lipinski definition) is 0. The quantitative estimate of drug-likeness (QED) is 0.127. The molecule has 2 saturated carbocycles. The minimum atomic E-state index is -0.931. The molecule has 4 rings (SSSR count). The van der Waals surface area contributed by atoms with Crippen molar-refractivity contribution in [1.82, 2.24) is 0 Å². The van der Waals surface area contributed by atoms with Crippen molar-refractivity contribution < 1.29 is 27.0 Å². The van der Waals surface area contributed by atoms with Crippen LogP contribution in [0.4, 0.5) is 17.6 Å². The maximum atomic E-state index is 15.3. The van der Waals surface area contributed by atoms with Crippen molar-refractivity contribution in [3.63, 3.8) is 0 Å². The highest BCUT2D eigenvalue weighted by molar-refractivity contribution is 5.33. The Hall–Kier alpha value is -2.34. The van der Waals surface area contributed by atoms with Gasteiger partial charge in [0.15, 0.2) is 23.2 Å². The summed E-state index contributed by atoms with van der Waals surface area (Å²) in [6, 6.07) is 6.74. The van der Waals surface area contributed by atoms with Gasteiger partial charge >= 0.3 is 0 Å². The van der Waals surface area contributed by atoms with E-state index in [1.807, 2.05) is 12.1 Å². The number of aryl methyl sites for hydroxylation is 1. The summed E-state index contributed by atoms with van der Waals surface area (Å²) in [5.74, 6) is -2.80. The van der Waals surface area contributed by atoms with Gasteiger partial charge in [0, 0.05) is 6.61 Å². The summed E-state index contributed by atoms with van der Waals surface area (Å²) < 4.78 is 71.0. The molecule has 2 aliphatic rings. The Balaban J connectivity index is 1.26. The van der Waals surface area contributed by atoms with Crippen molar-refractivity contribution >= 4 is 0 Å². The van der Waals surface area contributed by atoms with Crippen LogP contribution in [0.2, 0.25) is 0 Å². The predicted octanol–water partition coefficient (Wildman–Crippen LogP) is 10.3. The Labute approximate surface area is 243 Å². The zero-order valence-corrected chi connectivity index (χ0v) is 24.5. The van der Waals surface area contributed by atoms with Crippen LogP contribution in [0.15, 0.2) is 36.9 Å². The van der Waals surface area contributed by atoms with Crippen LogP contribution >= 0.6 is 0 Å². The van der Waals surface area contributed by atoms with E-state index in [1.165, 1.54) is 6.07 Å². The van der Waals surface area contributed by atoms with Crippen LogP contribution < -0.4 is 4.74 Å². The lowest BCUT2D eigenvalue weighted by Crippen LogP contribution is -2.22. The summed E-state index contributed by atoms with van der Waals surface area (Å²) >= 11 is 0. The number of benzene rings is 2. The molecule has 2 aromatic rings. The van der Waals surface area contributed by atoms with E-state index in [2.05, 4.69) is 13.5 Å². The van der Waals surface area contributed by atoms with Gasteiger partial charge in [-0.25, -0.2) is 13.2 Å². The third-order valence-electron chi connectivity index (χ3n) is 9.15. The first-order valence-corrected chi connectivity index (χ1v) is 15.7. The fourth-order valence-electron chi connectivity index (χ4n) is 6.55. The van der Waals surface area contributed by atoms with Gasteiger partial charge in [-0.3, -0.25) is 0 Å². The molecular formula is C35H46F4O2. The van der Waals surface area contributed by atoms with E-state index in [0.717, 1.165) is 83.7 Å². The van der Waals surface area contributed by atoms with Gasteiger partial charge in [-0.1, -0.05) is 37.6 Å². The van der Waals surface area contributed by atoms with Crippen LogP contribution in [-0.2, 0) is 11.2 Å². The van der Waals surface area contributed by atoms with Crippen molar-refractivity contribution in [2.45, 2.75) is 115 Å². The average molecular weight is 575 g/mol. The summed E-state index contributed by atoms with van der Waals surface area (Å²) in [6.07, 6.45) is 13.5. The molecule has 0 radical (unpaired) electrons. The Bertz CT molecular complexity index is 1120. The van der Waals surface area contributed by atoms with Crippen LogP contribution in [0.5, 0.6) is 5.75 Å². The van der Waals surface area contributed by atoms with Crippen LogP contribution in [-0.4, -0.2) is 19.3 Å². The van der Waals surface area contributed by atoms with Gasteiger partial charge in [-0.05, 0) is 124 Å². The maximum Gasteiger partial charge on any atom is 0.200 e. The molecule has 0 aliphatic heterocycles. The number of ether oxygens (including phenoxy) is 2. The molecular weight excluding hydrogens is 528 g/mol. The summed E-state index contributed by atoms with van der Waals surface area (Å²) in [5.41, 5.74) is 1.35. The minimum Gasteiger partial charge on any atom is -0.490 e. The number of allylic oxidation sites excluding steroid dienone is 1. The second-order valence-electron chi connectivity index (χ2n) is 12.0. The zero-order valence-electron chi connectivity index (χ0n) is 24.5. The molecule has 0 N–H and O–H groups in total. The van der Waals surface area contributed by atoms with E-state index in [0.29, 0.717) is 42.1 Å². The standard InChI is InChI=1S/C35H46F4O2/c1-3-5-7-23-41-31-21-16-27(32(36)35(31)39)13-10-24-8-11-25(12-9-24)29-19-20-30(34(38)33(29)37)26-14-17-28(18-15-26)40-22-6-4-2/h3,16,19-21,24-26,28H,1,4-15,17-18,22-23H2,2H3. The highest BCUT2D eigenvalue weighted by atomic mass is 19.2. The third-order valence-corrected chi connectivity index (χ3v) is 9.15. The van der Waals surface area contributed by atoms with Gasteiger partial charge in [-0.2, -0.15) is 4.39 Å². The average Bonchev–Trinajstić information content (AvgIpc) is 2.99. The lowest BCUT2D eigenvalue weighted by molar-refractivity contribution is 0.0230. The highest BCUT2D eigenvalue weighted by Crippen LogP contribution is 2.42. The van der Waals surface area contributed by atoms with E-state index < -0.39 is 23.3 Å². The van der Waals surface area contributed by atoms with Gasteiger partial charge in [-0.15, -0.1) is 6.58 Å². The first kappa shape index (κ1) is 31.6. The lowest BCUT2D eigenvalue weighted by Gasteiger charge is -2.31. The van der Waals surface area contributed by atoms with Crippen LogP contribution in [0.3, 0.4) is 0 Å². The fraction of sp³-hybridized carbons (Fsp3) is 0.600. The van der Waals surface area contributed by atoms with Crippen molar-refractivity contribution in [2.75, 3.05) is 13.2 Å². The number of halogens is 4. The van der Waals surface area contributed by atoms with E-state index >= 15 is 8.78 Å². The normalized spacial score (nSPS) is 23.0. The third kappa shape index (κ3) is 8.37. The van der Waals surface area contributed by atoms with Gasteiger partial charge in [0.2, 0.25) is 5.82 Å². The molecule has 2 aliphatic carbocycles. The SMILES string of the molecule is C=CCCCOc1ccc(CCC2CCC(c3ccc(C4CCC(OCCCC)CC4)c(F)c3F)CC2)c(F)c1F. The van der Waals surface area contributed by atoms with E-state index in [-0.39, 0.29) is 23.7 Å². The molecule has 2 nitrogen and oxygen atoms in total. The summed E-state index contributed by atoms with van der Waals surface area (Å²) in [4.78, 5) is 0. The second-order valence-corrected chi connectivity index (χ2v) is 12.0. The summed E-state index contributed by atoms with van der Waals surface area (Å²) in [7, 11) is 0. The molecule has 41 heavy (non-hydrogen) atoms. The Morgan fingerprint density at radius 3 is 2.00 bits per heavy atom. The molecule has 2 aromatic carbocycles. The van der Waals surface area contributed by atoms with E-state index in [1.54, 1.807) is 12.1 Å². The predicted molar refractivity (Wildman–Crippen MR) is 157 cm³/mol. The second kappa shape index (κ2) is 15.8. The molecule has 6 heteroatoms. The molecule has 0 amide bonds. The van der Waals surface area contributed by atoms with Crippen LogP contribution in [0.1, 0.15) is 119 Å². The van der Waals surface area contributed by atoms with E-state index in [4.69, 9.17) is 9.47 Å². The van der Waals surface area contributed by atoms with E-state index in [9.17, 15) is 8.78 Å². The fourth-order valence-corrected chi connectivity index (χ4v) is 6.55. The molecule has 2 fully saturated rings. The number of rotatable bonds is 14. The Morgan fingerprint density at radius 2 is 1.39 bits per heavy atom. The van der Waals surface area contributed by atoms with Gasteiger partial charge in [0.1, 0.15) is 0 Å². The highest BCUT2D eigenvalue weighted by Gasteiger charge is 2.30. The van der Waals surface area contributed by atoms with Gasteiger partial charge in [0.25, 0.3) is 0 Å². The molecule has 0 unspecified atom stereocenters. The first-order chi connectivity index (χ1) is 19.9. The molecule has 0 saturated heterocycles. The monoisotopic (exact) mass is 574 g/mol. The van der Waals surface area contributed by atoms with Crippen molar-refractivity contribution in [3.8, 4) is 5.75 Å². The first-order valence-electron chi connectivity index (χ1n) is 15.7. The topological polar surface area (TPSA) is 18.5 Å². The number of unbranched alkanes of at least 4 members (excludes halogenated alkanes) is 2. The smallest absolute Gasteiger partial charge is 0.200 e. The molecule has 0 bridgehead atoms. The largest absolute Gasteiger partial charge is 0.490 e. The molecule has 226 valence electrons. The molecule has 0 heterocycles. The summed E-state index contributed by atoms with van der Waals surface area (Å²) in [5, 5.41) is 0. The van der Waals surface area contributed by atoms with Gasteiger partial charge in [0.05, 0.1) is 12.7 Å². The lowest BCUT2D eigenvalue weighted by atomic mass is 9.76. The maximum absolute atomic E-state index is 15.3. The Kier molecular flexibility index (Phi) is 12.1. The number of hydrogen-bond acceptors (Lipinski definition) is 2. The van der Waals surface area contributed by atoms with Crippen LogP contribution in [0, 0.1) is 29.2 Å². The molecule has 0 spiro atoms. The molecule has 0 aromatic heterocycles. The minimum absolute atomic E-state index is 0.01000. The van der Waals surface area contributed by atoms with Crippen molar-refractivity contribution in [3.05, 3.63) is 76.9 Å². The molecule has 0 atom stereocenters. The van der Waals surface area contributed by atoms with Gasteiger partial charge < -0.3 is 9.47 Å². The van der Waals surface area contributed by atoms with Crippen molar-refractivity contribution in [2.24, 2.45) is 5.92 Å². The zero-order chi connectivity index (χ0) is 29.2. The summed E-state index contributed by atoms with van der Waals surface area (Å²) in [6.45, 7) is 6.87. The Morgan fingerprint density at radius 1 is 0.756 bits per heavy atom.